The van der Waals surface area contributed by atoms with Crippen LogP contribution in [-0.2, 0) is 11.2 Å². The van der Waals surface area contributed by atoms with Gasteiger partial charge in [0.05, 0.1) is 0 Å². The van der Waals surface area contributed by atoms with Crippen molar-refractivity contribution in [3.63, 3.8) is 0 Å². The largest absolute Gasteiger partial charge is 0.299 e. The first-order valence-electron chi connectivity index (χ1n) is 5.89. The lowest BCUT2D eigenvalue weighted by Gasteiger charge is -2.02. The quantitative estimate of drug-likeness (QED) is 0.852. The zero-order valence-corrected chi connectivity index (χ0v) is 10.6. The van der Waals surface area contributed by atoms with Crippen LogP contribution in [0.3, 0.4) is 0 Å². The number of hydrogen-bond donors (Lipinski definition) is 0. The third-order valence-corrected chi connectivity index (χ3v) is 4.39. The number of hydrogen-bond acceptors (Lipinski definition) is 2. The summed E-state index contributed by atoms with van der Waals surface area (Å²) < 4.78 is 0.965. The highest BCUT2D eigenvalue weighted by molar-refractivity contribution is 9.10. The van der Waals surface area contributed by atoms with Crippen molar-refractivity contribution in [1.29, 1.82) is 0 Å². The van der Waals surface area contributed by atoms with Crippen molar-refractivity contribution in [2.45, 2.75) is 25.7 Å². The maximum Gasteiger partial charge on any atom is 0.142 e. The molecular formula is C13H14BrNO. The molecule has 0 spiro atoms. The Kier molecular flexibility index (Phi) is 2.58. The van der Waals surface area contributed by atoms with Crippen LogP contribution in [0.2, 0.25) is 0 Å². The SMILES string of the molecule is O=C(Cc1ccc(Br)cn1)C1C2CCCC21. The van der Waals surface area contributed by atoms with Gasteiger partial charge in [0.2, 0.25) is 0 Å². The fourth-order valence-corrected chi connectivity index (χ4v) is 3.34. The molecule has 0 N–H and O–H groups in total. The molecule has 3 rings (SSSR count). The number of aromatic nitrogens is 1. The summed E-state index contributed by atoms with van der Waals surface area (Å²) in [5, 5.41) is 0. The Morgan fingerprint density at radius 2 is 2.12 bits per heavy atom. The first kappa shape index (κ1) is 10.5. The fourth-order valence-electron chi connectivity index (χ4n) is 3.11. The number of carbonyl (C=O) groups excluding carboxylic acids is 1. The molecule has 1 heterocycles. The third kappa shape index (κ3) is 1.81. The predicted molar refractivity (Wildman–Crippen MR) is 65.0 cm³/mol. The molecule has 0 aromatic carbocycles. The van der Waals surface area contributed by atoms with Gasteiger partial charge in [-0.1, -0.05) is 6.42 Å². The Morgan fingerprint density at radius 1 is 1.38 bits per heavy atom. The van der Waals surface area contributed by atoms with Gasteiger partial charge in [-0.2, -0.15) is 0 Å². The normalized spacial score (nSPS) is 31.2. The Morgan fingerprint density at radius 3 is 2.75 bits per heavy atom. The van der Waals surface area contributed by atoms with Crippen molar-refractivity contribution < 1.29 is 4.79 Å². The van der Waals surface area contributed by atoms with Gasteiger partial charge in [-0.15, -0.1) is 0 Å². The molecule has 16 heavy (non-hydrogen) atoms. The van der Waals surface area contributed by atoms with E-state index in [0.717, 1.165) is 22.0 Å². The standard InChI is InChI=1S/C13H14BrNO/c14-8-4-5-9(15-7-8)6-12(16)13-10-2-1-3-11(10)13/h4-5,7,10-11,13H,1-3,6H2. The van der Waals surface area contributed by atoms with Crippen LogP contribution in [0.25, 0.3) is 0 Å². The van der Waals surface area contributed by atoms with Crippen LogP contribution >= 0.6 is 15.9 Å². The number of halogens is 1. The van der Waals surface area contributed by atoms with Gasteiger partial charge in [-0.05, 0) is 52.7 Å². The van der Waals surface area contributed by atoms with Crippen molar-refractivity contribution in [2.75, 3.05) is 0 Å². The van der Waals surface area contributed by atoms with Gasteiger partial charge in [0.25, 0.3) is 0 Å². The molecule has 0 aliphatic heterocycles. The number of carbonyl (C=O) groups is 1. The smallest absolute Gasteiger partial charge is 0.142 e. The van der Waals surface area contributed by atoms with Crippen molar-refractivity contribution in [3.05, 3.63) is 28.5 Å². The summed E-state index contributed by atoms with van der Waals surface area (Å²) in [5.74, 6) is 2.23. The molecule has 2 aliphatic rings. The van der Waals surface area contributed by atoms with Crippen LogP contribution in [0.4, 0.5) is 0 Å². The molecule has 2 nitrogen and oxygen atoms in total. The van der Waals surface area contributed by atoms with Crippen LogP contribution in [0.15, 0.2) is 22.8 Å². The Labute approximate surface area is 104 Å². The molecule has 2 aliphatic carbocycles. The Balaban J connectivity index is 1.63. The van der Waals surface area contributed by atoms with Gasteiger partial charge in [0.15, 0.2) is 0 Å². The van der Waals surface area contributed by atoms with Gasteiger partial charge in [-0.25, -0.2) is 0 Å². The van der Waals surface area contributed by atoms with Crippen LogP contribution in [0, 0.1) is 17.8 Å². The van der Waals surface area contributed by atoms with Gasteiger partial charge in [-0.3, -0.25) is 9.78 Å². The molecular weight excluding hydrogens is 266 g/mol. The van der Waals surface area contributed by atoms with E-state index in [1.807, 2.05) is 12.1 Å². The van der Waals surface area contributed by atoms with Crippen molar-refractivity contribution in [1.82, 2.24) is 4.98 Å². The summed E-state index contributed by atoms with van der Waals surface area (Å²) in [6, 6.07) is 3.88. The minimum absolute atomic E-state index is 0.374. The topological polar surface area (TPSA) is 30.0 Å². The van der Waals surface area contributed by atoms with Crippen molar-refractivity contribution >= 4 is 21.7 Å². The lowest BCUT2D eigenvalue weighted by molar-refractivity contribution is -0.120. The maximum absolute atomic E-state index is 12.0. The van der Waals surface area contributed by atoms with E-state index < -0.39 is 0 Å². The Hall–Kier alpha value is -0.700. The molecule has 1 aromatic heterocycles. The molecule has 3 heteroatoms. The molecule has 0 bridgehead atoms. The monoisotopic (exact) mass is 279 g/mol. The zero-order chi connectivity index (χ0) is 11.1. The van der Waals surface area contributed by atoms with Gasteiger partial charge in [0.1, 0.15) is 5.78 Å². The molecule has 2 unspecified atom stereocenters. The van der Waals surface area contributed by atoms with E-state index in [1.54, 1.807) is 6.20 Å². The second kappa shape index (κ2) is 3.95. The average Bonchev–Trinajstić information content (AvgIpc) is 2.76. The van der Waals surface area contributed by atoms with E-state index in [4.69, 9.17) is 0 Å². The summed E-state index contributed by atoms with van der Waals surface area (Å²) in [5.41, 5.74) is 0.901. The van der Waals surface area contributed by atoms with Gasteiger partial charge < -0.3 is 0 Å². The summed E-state index contributed by atoms with van der Waals surface area (Å²) in [7, 11) is 0. The third-order valence-electron chi connectivity index (χ3n) is 3.92. The molecule has 0 saturated heterocycles. The summed E-state index contributed by atoms with van der Waals surface area (Å²) in [4.78, 5) is 16.3. The molecule has 1 aromatic rings. The fraction of sp³-hybridized carbons (Fsp3) is 0.538. The minimum atomic E-state index is 0.374. The summed E-state index contributed by atoms with van der Waals surface area (Å²) in [6.45, 7) is 0. The first-order chi connectivity index (χ1) is 7.75. The van der Waals surface area contributed by atoms with Crippen LogP contribution in [0.5, 0.6) is 0 Å². The number of nitrogens with zero attached hydrogens (tertiary/aromatic N) is 1. The number of ketones is 1. The second-order valence-corrected chi connectivity index (χ2v) is 5.81. The van der Waals surface area contributed by atoms with Crippen LogP contribution in [0.1, 0.15) is 25.0 Å². The lowest BCUT2D eigenvalue weighted by atomic mass is 10.0. The molecule has 2 saturated carbocycles. The average molecular weight is 280 g/mol. The highest BCUT2D eigenvalue weighted by Crippen LogP contribution is 2.58. The Bertz CT molecular complexity index is 404. The maximum atomic E-state index is 12.0. The predicted octanol–water partition coefficient (Wildman–Crippen LogP) is 3.00. The number of fused-ring (bicyclic) bond motifs is 1. The summed E-state index contributed by atoms with van der Waals surface area (Å²) in [6.07, 6.45) is 6.15. The van der Waals surface area contributed by atoms with E-state index in [-0.39, 0.29) is 0 Å². The van der Waals surface area contributed by atoms with Gasteiger partial charge >= 0.3 is 0 Å². The van der Waals surface area contributed by atoms with Crippen LogP contribution < -0.4 is 0 Å². The van der Waals surface area contributed by atoms with Crippen molar-refractivity contribution in [3.8, 4) is 0 Å². The first-order valence-corrected chi connectivity index (χ1v) is 6.68. The van der Waals surface area contributed by atoms with E-state index in [1.165, 1.54) is 19.3 Å². The number of Topliss-reactive ketones (excluding diaryl/α,β-unsaturated/α-hetero) is 1. The van der Waals surface area contributed by atoms with E-state index in [9.17, 15) is 4.79 Å². The molecule has 0 amide bonds. The second-order valence-electron chi connectivity index (χ2n) is 4.90. The van der Waals surface area contributed by atoms with E-state index in [2.05, 4.69) is 20.9 Å². The highest BCUT2D eigenvalue weighted by Gasteiger charge is 2.55. The minimum Gasteiger partial charge on any atom is -0.299 e. The van der Waals surface area contributed by atoms with Crippen molar-refractivity contribution in [2.24, 2.45) is 17.8 Å². The molecule has 2 fully saturated rings. The molecule has 84 valence electrons. The van der Waals surface area contributed by atoms with E-state index >= 15 is 0 Å². The van der Waals surface area contributed by atoms with Gasteiger partial charge in [0, 0.05) is 28.7 Å². The lowest BCUT2D eigenvalue weighted by Crippen LogP contribution is -2.10. The molecule has 0 radical (unpaired) electrons. The van der Waals surface area contributed by atoms with E-state index in [0.29, 0.717) is 18.1 Å². The molecule has 2 atom stereocenters. The number of rotatable bonds is 3. The zero-order valence-electron chi connectivity index (χ0n) is 9.03. The highest BCUT2D eigenvalue weighted by atomic mass is 79.9. The number of pyridine rings is 1. The van der Waals surface area contributed by atoms with Crippen LogP contribution in [-0.4, -0.2) is 10.8 Å². The summed E-state index contributed by atoms with van der Waals surface area (Å²) >= 11 is 3.34.